The van der Waals surface area contributed by atoms with Gasteiger partial charge in [-0.15, -0.1) is 0 Å². The number of aryl methyl sites for hydroxylation is 2. The Morgan fingerprint density at radius 2 is 1.82 bits per heavy atom. The molecule has 94 valence electrons. The summed E-state index contributed by atoms with van der Waals surface area (Å²) in [6.07, 6.45) is -2.35. The molecule has 0 saturated heterocycles. The Morgan fingerprint density at radius 1 is 1.24 bits per heavy atom. The predicted molar refractivity (Wildman–Crippen MR) is 61.7 cm³/mol. The van der Waals surface area contributed by atoms with Crippen LogP contribution in [0.25, 0.3) is 0 Å². The highest BCUT2D eigenvalue weighted by Gasteiger charge is 2.08. The first-order valence-corrected chi connectivity index (χ1v) is 5.46. The van der Waals surface area contributed by atoms with Crippen molar-refractivity contribution < 1.29 is 18.3 Å². The van der Waals surface area contributed by atoms with Gasteiger partial charge in [-0.2, -0.15) is 0 Å². The number of Topliss-reactive ketones (excluding diaryl/α,β-unsaturated/α-hetero) is 1. The second kappa shape index (κ2) is 6.45. The minimum atomic E-state index is -2.48. The summed E-state index contributed by atoms with van der Waals surface area (Å²) in [5.41, 5.74) is 2.65. The molecule has 0 radical (unpaired) electrons. The average molecular weight is 242 g/mol. The van der Waals surface area contributed by atoms with Crippen molar-refractivity contribution >= 4 is 5.78 Å². The van der Waals surface area contributed by atoms with E-state index in [-0.39, 0.29) is 18.8 Å². The van der Waals surface area contributed by atoms with Gasteiger partial charge in [0, 0.05) is 12.0 Å². The molecule has 4 heteroatoms. The van der Waals surface area contributed by atoms with Gasteiger partial charge in [0.15, 0.2) is 5.78 Å². The van der Waals surface area contributed by atoms with Crippen LogP contribution < -0.4 is 0 Å². The molecule has 0 spiro atoms. The van der Waals surface area contributed by atoms with E-state index in [1.165, 1.54) is 0 Å². The number of ether oxygens (including phenoxy) is 1. The highest BCUT2D eigenvalue weighted by Crippen LogP contribution is 2.11. The standard InChI is InChI=1S/C13H16F2O2/c1-9-5-10(2)7-11(6-9)12(16)3-4-17-8-13(14)15/h5-7,13H,3-4,8H2,1-2H3. The molecule has 0 bridgehead atoms. The third-order valence-corrected chi connectivity index (χ3v) is 2.26. The second-order valence-corrected chi connectivity index (χ2v) is 4.02. The molecule has 0 aliphatic carbocycles. The number of rotatable bonds is 6. The van der Waals surface area contributed by atoms with Gasteiger partial charge in [0.1, 0.15) is 6.61 Å². The van der Waals surface area contributed by atoms with Crippen LogP contribution in [0.15, 0.2) is 18.2 Å². The summed E-state index contributed by atoms with van der Waals surface area (Å²) in [6.45, 7) is 3.25. The lowest BCUT2D eigenvalue weighted by Crippen LogP contribution is -2.09. The fraction of sp³-hybridized carbons (Fsp3) is 0.462. The van der Waals surface area contributed by atoms with Crippen LogP contribution >= 0.6 is 0 Å². The molecule has 1 rings (SSSR count). The predicted octanol–water partition coefficient (Wildman–Crippen LogP) is 3.16. The van der Waals surface area contributed by atoms with Gasteiger partial charge < -0.3 is 4.74 Å². The maximum atomic E-state index is 11.8. The zero-order valence-electron chi connectivity index (χ0n) is 10.0. The fourth-order valence-corrected chi connectivity index (χ4v) is 1.62. The van der Waals surface area contributed by atoms with Crippen molar-refractivity contribution in [2.24, 2.45) is 0 Å². The minimum absolute atomic E-state index is 0.0379. The van der Waals surface area contributed by atoms with Crippen molar-refractivity contribution in [3.63, 3.8) is 0 Å². The molecule has 1 aromatic carbocycles. The van der Waals surface area contributed by atoms with Crippen LogP contribution in [0.4, 0.5) is 8.78 Å². The molecule has 0 fully saturated rings. The van der Waals surface area contributed by atoms with Crippen LogP contribution in [0, 0.1) is 13.8 Å². The molecule has 0 amide bonds. The number of ketones is 1. The number of carbonyl (C=O) groups is 1. The molecular formula is C13H16F2O2. The average Bonchev–Trinajstić information content (AvgIpc) is 2.22. The van der Waals surface area contributed by atoms with Crippen LogP contribution in [0.3, 0.4) is 0 Å². The number of carbonyl (C=O) groups excluding carboxylic acids is 1. The number of hydrogen-bond donors (Lipinski definition) is 0. The highest BCUT2D eigenvalue weighted by atomic mass is 19.3. The van der Waals surface area contributed by atoms with E-state index in [0.717, 1.165) is 11.1 Å². The number of halogens is 2. The first-order valence-electron chi connectivity index (χ1n) is 5.46. The van der Waals surface area contributed by atoms with Gasteiger partial charge in [0.05, 0.1) is 6.61 Å². The SMILES string of the molecule is Cc1cc(C)cc(C(=O)CCOCC(F)F)c1. The van der Waals surface area contributed by atoms with Crippen molar-refractivity contribution in [3.05, 3.63) is 34.9 Å². The van der Waals surface area contributed by atoms with E-state index in [1.54, 1.807) is 12.1 Å². The van der Waals surface area contributed by atoms with Crippen molar-refractivity contribution in [2.45, 2.75) is 26.7 Å². The van der Waals surface area contributed by atoms with E-state index in [4.69, 9.17) is 0 Å². The van der Waals surface area contributed by atoms with Gasteiger partial charge in [0.2, 0.25) is 0 Å². The van der Waals surface area contributed by atoms with Crippen molar-refractivity contribution in [1.29, 1.82) is 0 Å². The Kier molecular flexibility index (Phi) is 5.22. The molecular weight excluding hydrogens is 226 g/mol. The van der Waals surface area contributed by atoms with Crippen LogP contribution in [0.1, 0.15) is 27.9 Å². The summed E-state index contributed by atoms with van der Waals surface area (Å²) >= 11 is 0. The molecule has 0 atom stereocenters. The smallest absolute Gasteiger partial charge is 0.261 e. The highest BCUT2D eigenvalue weighted by molar-refractivity contribution is 5.96. The first kappa shape index (κ1) is 13.8. The lowest BCUT2D eigenvalue weighted by molar-refractivity contribution is 0.0170. The van der Waals surface area contributed by atoms with Gasteiger partial charge in [-0.3, -0.25) is 4.79 Å². The second-order valence-electron chi connectivity index (χ2n) is 4.02. The summed E-state index contributed by atoms with van der Waals surface area (Å²) in [4.78, 5) is 11.7. The van der Waals surface area contributed by atoms with E-state index in [2.05, 4.69) is 4.74 Å². The molecule has 2 nitrogen and oxygen atoms in total. The van der Waals surface area contributed by atoms with Crippen LogP contribution in [0.5, 0.6) is 0 Å². The van der Waals surface area contributed by atoms with E-state index in [0.29, 0.717) is 5.56 Å². The van der Waals surface area contributed by atoms with Crippen LogP contribution in [0.2, 0.25) is 0 Å². The zero-order chi connectivity index (χ0) is 12.8. The Hall–Kier alpha value is -1.29. The maximum absolute atomic E-state index is 11.8. The topological polar surface area (TPSA) is 26.3 Å². The van der Waals surface area contributed by atoms with Crippen molar-refractivity contribution in [1.82, 2.24) is 0 Å². The molecule has 0 N–H and O–H groups in total. The molecule has 0 saturated carbocycles. The summed E-state index contributed by atoms with van der Waals surface area (Å²) in [6, 6.07) is 5.56. The zero-order valence-corrected chi connectivity index (χ0v) is 10.0. The van der Waals surface area contributed by atoms with E-state index < -0.39 is 13.0 Å². The Bertz CT molecular complexity index is 369. The molecule has 0 unspecified atom stereocenters. The Labute approximate surface area is 99.6 Å². The first-order chi connectivity index (χ1) is 7.99. The fourth-order valence-electron chi connectivity index (χ4n) is 1.62. The van der Waals surface area contributed by atoms with Gasteiger partial charge in [-0.05, 0) is 26.0 Å². The molecule has 0 aliphatic rings. The normalized spacial score (nSPS) is 10.9. The molecule has 0 aliphatic heterocycles. The number of hydrogen-bond acceptors (Lipinski definition) is 2. The lowest BCUT2D eigenvalue weighted by Gasteiger charge is -2.05. The quantitative estimate of drug-likeness (QED) is 0.565. The van der Waals surface area contributed by atoms with E-state index in [9.17, 15) is 13.6 Å². The summed E-state index contributed by atoms with van der Waals surface area (Å²) in [5, 5.41) is 0. The molecule has 0 aromatic heterocycles. The lowest BCUT2D eigenvalue weighted by atomic mass is 10.0. The molecule has 1 aromatic rings. The van der Waals surface area contributed by atoms with E-state index >= 15 is 0 Å². The van der Waals surface area contributed by atoms with Crippen LogP contribution in [-0.4, -0.2) is 25.4 Å². The van der Waals surface area contributed by atoms with Crippen molar-refractivity contribution in [3.8, 4) is 0 Å². The summed E-state index contributed by atoms with van der Waals surface area (Å²) in [5.74, 6) is -0.0777. The Balaban J connectivity index is 2.47. The number of alkyl halides is 2. The van der Waals surface area contributed by atoms with Gasteiger partial charge >= 0.3 is 0 Å². The van der Waals surface area contributed by atoms with Gasteiger partial charge in [-0.1, -0.05) is 17.2 Å². The molecule has 0 heterocycles. The van der Waals surface area contributed by atoms with Gasteiger partial charge in [-0.25, -0.2) is 8.78 Å². The minimum Gasteiger partial charge on any atom is -0.375 e. The summed E-state index contributed by atoms with van der Waals surface area (Å²) < 4.78 is 28.2. The third-order valence-electron chi connectivity index (χ3n) is 2.26. The molecule has 17 heavy (non-hydrogen) atoms. The third kappa shape index (κ3) is 5.04. The number of benzene rings is 1. The monoisotopic (exact) mass is 242 g/mol. The largest absolute Gasteiger partial charge is 0.375 e. The van der Waals surface area contributed by atoms with Crippen molar-refractivity contribution in [2.75, 3.05) is 13.2 Å². The maximum Gasteiger partial charge on any atom is 0.261 e. The summed E-state index contributed by atoms with van der Waals surface area (Å²) in [7, 11) is 0. The van der Waals surface area contributed by atoms with E-state index in [1.807, 2.05) is 19.9 Å². The van der Waals surface area contributed by atoms with Crippen LogP contribution in [-0.2, 0) is 4.74 Å². The Morgan fingerprint density at radius 3 is 2.35 bits per heavy atom. The van der Waals surface area contributed by atoms with Gasteiger partial charge in [0.25, 0.3) is 6.43 Å².